The standard InChI is InChI=1S/C25H20N4O2S/c1-31-22-14-8-7-13-20(22)29-21(17-9-3-2-4-10-17)15-26-25(29)32-16-23-27-19-12-6-5-11-18(19)24(30)28-23/h2-15H,16H2,1H3,(H,27,28,30). The molecule has 0 bridgehead atoms. The van der Waals surface area contributed by atoms with Crippen LogP contribution in [0.3, 0.4) is 0 Å². The second-order valence-electron chi connectivity index (χ2n) is 7.12. The zero-order chi connectivity index (χ0) is 21.9. The van der Waals surface area contributed by atoms with Gasteiger partial charge in [-0.15, -0.1) is 0 Å². The molecule has 5 rings (SSSR count). The Labute approximate surface area is 188 Å². The number of H-pyrrole nitrogens is 1. The van der Waals surface area contributed by atoms with Crippen LogP contribution in [0.4, 0.5) is 0 Å². The highest BCUT2D eigenvalue weighted by Gasteiger charge is 2.17. The number of rotatable bonds is 6. The lowest BCUT2D eigenvalue weighted by Gasteiger charge is -2.15. The van der Waals surface area contributed by atoms with Crippen LogP contribution in [0.15, 0.2) is 95.0 Å². The largest absolute Gasteiger partial charge is 0.495 e. The maximum atomic E-state index is 12.4. The van der Waals surface area contributed by atoms with E-state index in [2.05, 4.69) is 26.7 Å². The molecule has 0 saturated heterocycles. The fourth-order valence-electron chi connectivity index (χ4n) is 3.63. The van der Waals surface area contributed by atoms with E-state index >= 15 is 0 Å². The zero-order valence-corrected chi connectivity index (χ0v) is 18.2. The van der Waals surface area contributed by atoms with Crippen molar-refractivity contribution in [2.24, 2.45) is 0 Å². The smallest absolute Gasteiger partial charge is 0.258 e. The summed E-state index contributed by atoms with van der Waals surface area (Å²) in [5.74, 6) is 1.83. The van der Waals surface area contributed by atoms with E-state index in [1.54, 1.807) is 13.2 Å². The van der Waals surface area contributed by atoms with Crippen molar-refractivity contribution in [2.45, 2.75) is 10.9 Å². The second-order valence-corrected chi connectivity index (χ2v) is 8.06. The molecule has 3 aromatic carbocycles. The third-order valence-corrected chi connectivity index (χ3v) is 6.09. The molecular formula is C25H20N4O2S. The van der Waals surface area contributed by atoms with E-state index in [9.17, 15) is 4.79 Å². The first-order valence-electron chi connectivity index (χ1n) is 10.1. The summed E-state index contributed by atoms with van der Waals surface area (Å²) in [5.41, 5.74) is 3.45. The van der Waals surface area contributed by atoms with Gasteiger partial charge < -0.3 is 9.72 Å². The highest BCUT2D eigenvalue weighted by Crippen LogP contribution is 2.34. The van der Waals surface area contributed by atoms with Gasteiger partial charge in [0.25, 0.3) is 5.56 Å². The van der Waals surface area contributed by atoms with Crippen molar-refractivity contribution in [1.29, 1.82) is 0 Å². The van der Waals surface area contributed by atoms with Gasteiger partial charge in [0.05, 0.1) is 41.3 Å². The van der Waals surface area contributed by atoms with Crippen molar-refractivity contribution in [3.63, 3.8) is 0 Å². The van der Waals surface area contributed by atoms with E-state index in [0.717, 1.165) is 27.9 Å². The number of nitrogens with one attached hydrogen (secondary N) is 1. The Morgan fingerprint density at radius 1 is 0.969 bits per heavy atom. The molecule has 0 fully saturated rings. The third kappa shape index (κ3) is 3.78. The Kier molecular flexibility index (Phi) is 5.47. The number of para-hydroxylation sites is 3. The number of fused-ring (bicyclic) bond motifs is 1. The van der Waals surface area contributed by atoms with Gasteiger partial charge in [0.2, 0.25) is 0 Å². The third-order valence-electron chi connectivity index (χ3n) is 5.12. The quantitative estimate of drug-likeness (QED) is 0.373. The van der Waals surface area contributed by atoms with E-state index < -0.39 is 0 Å². The summed E-state index contributed by atoms with van der Waals surface area (Å²) in [6, 6.07) is 25.3. The SMILES string of the molecule is COc1ccccc1-n1c(-c2ccccc2)cnc1SCc1nc2ccccc2c(=O)[nH]1. The maximum absolute atomic E-state index is 12.4. The number of benzene rings is 3. The number of thioether (sulfide) groups is 1. The highest BCUT2D eigenvalue weighted by atomic mass is 32.2. The zero-order valence-electron chi connectivity index (χ0n) is 17.4. The number of methoxy groups -OCH3 is 1. The Bertz CT molecular complexity index is 1440. The molecule has 0 spiro atoms. The minimum atomic E-state index is -0.135. The van der Waals surface area contributed by atoms with Crippen LogP contribution in [0.2, 0.25) is 0 Å². The summed E-state index contributed by atoms with van der Waals surface area (Å²) in [5, 5.41) is 1.37. The molecular weight excluding hydrogens is 420 g/mol. The van der Waals surface area contributed by atoms with Crippen LogP contribution >= 0.6 is 11.8 Å². The van der Waals surface area contributed by atoms with Gasteiger partial charge in [-0.25, -0.2) is 9.97 Å². The number of hydrogen-bond acceptors (Lipinski definition) is 5. The van der Waals surface area contributed by atoms with E-state index in [1.807, 2.05) is 66.9 Å². The molecule has 2 heterocycles. The van der Waals surface area contributed by atoms with Gasteiger partial charge in [-0.1, -0.05) is 66.4 Å². The summed E-state index contributed by atoms with van der Waals surface area (Å²) in [6.07, 6.45) is 1.86. The lowest BCUT2D eigenvalue weighted by atomic mass is 10.1. The molecule has 0 radical (unpaired) electrons. The lowest BCUT2D eigenvalue weighted by molar-refractivity contribution is 0.412. The summed E-state index contributed by atoms with van der Waals surface area (Å²) in [4.78, 5) is 24.6. The molecule has 7 heteroatoms. The van der Waals surface area contributed by atoms with Gasteiger partial charge in [0, 0.05) is 5.56 Å². The fraction of sp³-hybridized carbons (Fsp3) is 0.0800. The predicted molar refractivity (Wildman–Crippen MR) is 127 cm³/mol. The summed E-state index contributed by atoms with van der Waals surface area (Å²) in [6.45, 7) is 0. The van der Waals surface area contributed by atoms with E-state index in [4.69, 9.17) is 9.72 Å². The van der Waals surface area contributed by atoms with Gasteiger partial charge in [0.1, 0.15) is 11.6 Å². The number of hydrogen-bond donors (Lipinski definition) is 1. The van der Waals surface area contributed by atoms with Crippen LogP contribution in [0.1, 0.15) is 5.82 Å². The molecule has 32 heavy (non-hydrogen) atoms. The molecule has 0 amide bonds. The molecule has 0 aliphatic heterocycles. The molecule has 0 aliphatic rings. The molecule has 1 N–H and O–H groups in total. The van der Waals surface area contributed by atoms with Crippen molar-refractivity contribution in [2.75, 3.05) is 7.11 Å². The Morgan fingerprint density at radius 2 is 1.72 bits per heavy atom. The topological polar surface area (TPSA) is 72.8 Å². The molecule has 158 valence electrons. The highest BCUT2D eigenvalue weighted by molar-refractivity contribution is 7.98. The van der Waals surface area contributed by atoms with Crippen LogP contribution < -0.4 is 10.3 Å². The van der Waals surface area contributed by atoms with Crippen molar-refractivity contribution >= 4 is 22.7 Å². The average Bonchev–Trinajstić information content (AvgIpc) is 3.27. The number of aromatic nitrogens is 4. The number of aromatic amines is 1. The number of nitrogens with zero attached hydrogens (tertiary/aromatic N) is 3. The summed E-state index contributed by atoms with van der Waals surface area (Å²) < 4.78 is 7.71. The average molecular weight is 441 g/mol. The normalized spacial score (nSPS) is 11.0. The molecule has 5 aromatic rings. The van der Waals surface area contributed by atoms with Crippen LogP contribution in [-0.4, -0.2) is 26.6 Å². The van der Waals surface area contributed by atoms with Crippen molar-refractivity contribution in [1.82, 2.24) is 19.5 Å². The van der Waals surface area contributed by atoms with E-state index in [1.165, 1.54) is 11.8 Å². The van der Waals surface area contributed by atoms with E-state index in [0.29, 0.717) is 22.5 Å². The molecule has 0 saturated carbocycles. The molecule has 0 unspecified atom stereocenters. The number of ether oxygens (including phenoxy) is 1. The van der Waals surface area contributed by atoms with Crippen LogP contribution in [0, 0.1) is 0 Å². The molecule has 0 atom stereocenters. The van der Waals surface area contributed by atoms with Gasteiger partial charge in [-0.05, 0) is 24.3 Å². The second kappa shape index (κ2) is 8.72. The van der Waals surface area contributed by atoms with Crippen molar-refractivity contribution in [3.05, 3.63) is 101 Å². The first kappa shape index (κ1) is 20.1. The van der Waals surface area contributed by atoms with Crippen LogP contribution in [0.25, 0.3) is 27.8 Å². The predicted octanol–water partition coefficient (Wildman–Crippen LogP) is 5.08. The van der Waals surface area contributed by atoms with Gasteiger partial charge in [0.15, 0.2) is 5.16 Å². The molecule has 2 aromatic heterocycles. The molecule has 6 nitrogen and oxygen atoms in total. The monoisotopic (exact) mass is 440 g/mol. The number of imidazole rings is 1. The van der Waals surface area contributed by atoms with Crippen LogP contribution in [0.5, 0.6) is 5.75 Å². The van der Waals surface area contributed by atoms with E-state index in [-0.39, 0.29) is 5.56 Å². The van der Waals surface area contributed by atoms with Gasteiger partial charge >= 0.3 is 0 Å². The summed E-state index contributed by atoms with van der Waals surface area (Å²) >= 11 is 1.51. The van der Waals surface area contributed by atoms with Gasteiger partial charge in [-0.2, -0.15) is 0 Å². The summed E-state index contributed by atoms with van der Waals surface area (Å²) in [7, 11) is 1.66. The van der Waals surface area contributed by atoms with Crippen molar-refractivity contribution in [3.8, 4) is 22.7 Å². The van der Waals surface area contributed by atoms with Crippen molar-refractivity contribution < 1.29 is 4.74 Å². The first-order valence-corrected chi connectivity index (χ1v) is 11.1. The first-order chi connectivity index (χ1) is 15.7. The Hall–Kier alpha value is -3.84. The van der Waals surface area contributed by atoms with Gasteiger partial charge in [-0.3, -0.25) is 9.36 Å². The minimum Gasteiger partial charge on any atom is -0.495 e. The lowest BCUT2D eigenvalue weighted by Crippen LogP contribution is -2.11. The maximum Gasteiger partial charge on any atom is 0.258 e. The Morgan fingerprint density at radius 3 is 2.56 bits per heavy atom. The fourth-order valence-corrected chi connectivity index (χ4v) is 4.49. The molecule has 0 aliphatic carbocycles. The minimum absolute atomic E-state index is 0.135. The Balaban J connectivity index is 1.56. The van der Waals surface area contributed by atoms with Crippen LogP contribution in [-0.2, 0) is 5.75 Å².